The maximum absolute atomic E-state index is 15.1. The number of hydrogen-bond donors (Lipinski definition) is 0. The van der Waals surface area contributed by atoms with Crippen LogP contribution in [0.2, 0.25) is 0 Å². The summed E-state index contributed by atoms with van der Waals surface area (Å²) in [7, 11) is 0. The Hall–Kier alpha value is -0.140. The molecule has 0 aromatic rings. The number of halogens is 2. The molecule has 108 valence electrons. The number of hydrogen-bond acceptors (Lipinski definition) is 0. The molecule has 0 atom stereocenters. The van der Waals surface area contributed by atoms with Crippen LogP contribution in [0.4, 0.5) is 8.78 Å². The average Bonchev–Trinajstić information content (AvgIpc) is 2.14. The van der Waals surface area contributed by atoms with Gasteiger partial charge in [-0.3, -0.25) is 0 Å². The third-order valence-electron chi connectivity index (χ3n) is 7.82. The molecule has 1 fully saturated rings. The molecule has 0 aromatic heterocycles. The molecular formula is C16H30F2. The summed E-state index contributed by atoms with van der Waals surface area (Å²) in [5.74, 6) is -2.71. The van der Waals surface area contributed by atoms with Crippen molar-refractivity contribution in [2.24, 2.45) is 27.1 Å². The summed E-state index contributed by atoms with van der Waals surface area (Å²) in [6.07, 6.45) is 0. The van der Waals surface area contributed by atoms with E-state index in [-0.39, 0.29) is 5.41 Å². The van der Waals surface area contributed by atoms with E-state index in [1.807, 2.05) is 27.7 Å². The van der Waals surface area contributed by atoms with Crippen molar-refractivity contribution >= 4 is 0 Å². The molecule has 0 nitrogen and oxygen atoms in total. The second-order valence-corrected chi connectivity index (χ2v) is 8.70. The SMILES string of the molecule is CC1(C)C(C)(C)C(C)(C)C(F)(F)C(C)(C)C1(C)C. The Morgan fingerprint density at radius 2 is 0.556 bits per heavy atom. The van der Waals surface area contributed by atoms with E-state index in [2.05, 4.69) is 13.8 Å². The monoisotopic (exact) mass is 260 g/mol. The van der Waals surface area contributed by atoms with Gasteiger partial charge in [0, 0.05) is 10.8 Å². The summed E-state index contributed by atoms with van der Waals surface area (Å²) >= 11 is 0. The third-order valence-corrected chi connectivity index (χ3v) is 7.82. The highest BCUT2D eigenvalue weighted by molar-refractivity contribution is 5.20. The Morgan fingerprint density at radius 3 is 0.778 bits per heavy atom. The second-order valence-electron chi connectivity index (χ2n) is 8.70. The predicted molar refractivity (Wildman–Crippen MR) is 73.9 cm³/mol. The van der Waals surface area contributed by atoms with Crippen molar-refractivity contribution in [1.29, 1.82) is 0 Å². The van der Waals surface area contributed by atoms with Gasteiger partial charge >= 0.3 is 0 Å². The first-order valence-electron chi connectivity index (χ1n) is 6.88. The molecule has 0 heterocycles. The van der Waals surface area contributed by atoms with Gasteiger partial charge in [0.05, 0.1) is 0 Å². The van der Waals surface area contributed by atoms with Gasteiger partial charge in [-0.2, -0.15) is 0 Å². The normalized spacial score (nSPS) is 34.0. The molecule has 1 saturated carbocycles. The zero-order valence-electron chi connectivity index (χ0n) is 13.8. The molecule has 1 rings (SSSR count). The van der Waals surface area contributed by atoms with Crippen molar-refractivity contribution in [3.8, 4) is 0 Å². The van der Waals surface area contributed by atoms with Crippen LogP contribution in [0.3, 0.4) is 0 Å². The third kappa shape index (κ3) is 1.21. The summed E-state index contributed by atoms with van der Waals surface area (Å²) < 4.78 is 30.2. The zero-order chi connectivity index (χ0) is 15.0. The van der Waals surface area contributed by atoms with E-state index in [1.165, 1.54) is 0 Å². The molecule has 0 aliphatic heterocycles. The lowest BCUT2D eigenvalue weighted by molar-refractivity contribution is -0.343. The van der Waals surface area contributed by atoms with Crippen LogP contribution >= 0.6 is 0 Å². The molecule has 0 spiro atoms. The Bertz CT molecular complexity index is 240. The van der Waals surface area contributed by atoms with Crippen molar-refractivity contribution in [3.05, 3.63) is 0 Å². The molecule has 0 N–H and O–H groups in total. The molecule has 0 radical (unpaired) electrons. The van der Waals surface area contributed by atoms with Crippen LogP contribution in [0.25, 0.3) is 0 Å². The Morgan fingerprint density at radius 1 is 0.389 bits per heavy atom. The van der Waals surface area contributed by atoms with E-state index >= 15 is 8.78 Å². The molecule has 2 heteroatoms. The molecular weight excluding hydrogens is 230 g/mol. The van der Waals surface area contributed by atoms with Gasteiger partial charge in [0.2, 0.25) is 0 Å². The smallest absolute Gasteiger partial charge is 0.206 e. The van der Waals surface area contributed by atoms with Crippen LogP contribution in [0.5, 0.6) is 0 Å². The van der Waals surface area contributed by atoms with Gasteiger partial charge in [0.1, 0.15) is 0 Å². The fraction of sp³-hybridized carbons (Fsp3) is 1.00. The van der Waals surface area contributed by atoms with E-state index < -0.39 is 27.6 Å². The lowest BCUT2D eigenvalue weighted by Crippen LogP contribution is -2.72. The van der Waals surface area contributed by atoms with Crippen LogP contribution in [0.15, 0.2) is 0 Å². The molecule has 0 amide bonds. The Kier molecular flexibility index (Phi) is 2.92. The quantitative estimate of drug-likeness (QED) is 0.519. The van der Waals surface area contributed by atoms with Gasteiger partial charge in [0.15, 0.2) is 0 Å². The summed E-state index contributed by atoms with van der Waals surface area (Å²) in [6, 6.07) is 0. The summed E-state index contributed by atoms with van der Waals surface area (Å²) in [5.41, 5.74) is -3.18. The van der Waals surface area contributed by atoms with Crippen LogP contribution in [0, 0.1) is 27.1 Å². The Balaban J connectivity index is 3.72. The summed E-state index contributed by atoms with van der Waals surface area (Å²) in [4.78, 5) is 0. The minimum atomic E-state index is -2.71. The lowest BCUT2D eigenvalue weighted by atomic mass is 9.34. The van der Waals surface area contributed by atoms with Crippen LogP contribution in [-0.2, 0) is 0 Å². The molecule has 0 unspecified atom stereocenters. The van der Waals surface area contributed by atoms with Gasteiger partial charge < -0.3 is 0 Å². The van der Waals surface area contributed by atoms with E-state index in [1.54, 1.807) is 27.7 Å². The molecule has 0 aromatic carbocycles. The molecule has 0 bridgehead atoms. The van der Waals surface area contributed by atoms with E-state index in [0.717, 1.165) is 0 Å². The average molecular weight is 260 g/mol. The van der Waals surface area contributed by atoms with Crippen LogP contribution in [-0.4, -0.2) is 5.92 Å². The molecule has 1 aliphatic rings. The largest absolute Gasteiger partial charge is 0.259 e. The summed E-state index contributed by atoms with van der Waals surface area (Å²) in [6.45, 7) is 19.2. The van der Waals surface area contributed by atoms with Gasteiger partial charge in [-0.05, 0) is 16.2 Å². The fourth-order valence-electron chi connectivity index (χ4n) is 3.91. The fourth-order valence-corrected chi connectivity index (χ4v) is 3.91. The maximum Gasteiger partial charge on any atom is 0.259 e. The first-order valence-corrected chi connectivity index (χ1v) is 6.88. The van der Waals surface area contributed by atoms with Crippen molar-refractivity contribution in [2.45, 2.75) is 75.2 Å². The molecule has 18 heavy (non-hydrogen) atoms. The highest BCUT2D eigenvalue weighted by Crippen LogP contribution is 2.76. The van der Waals surface area contributed by atoms with Crippen molar-refractivity contribution in [1.82, 2.24) is 0 Å². The minimum Gasteiger partial charge on any atom is -0.206 e. The highest BCUT2D eigenvalue weighted by atomic mass is 19.3. The van der Waals surface area contributed by atoms with Gasteiger partial charge in [-0.1, -0.05) is 69.2 Å². The van der Waals surface area contributed by atoms with Crippen molar-refractivity contribution < 1.29 is 8.78 Å². The predicted octanol–water partition coefficient (Wildman–Crippen LogP) is 5.77. The van der Waals surface area contributed by atoms with Crippen LogP contribution in [0.1, 0.15) is 69.2 Å². The van der Waals surface area contributed by atoms with E-state index in [0.29, 0.717) is 0 Å². The van der Waals surface area contributed by atoms with Crippen molar-refractivity contribution in [3.63, 3.8) is 0 Å². The van der Waals surface area contributed by atoms with Gasteiger partial charge in [-0.25, -0.2) is 8.78 Å². The van der Waals surface area contributed by atoms with Crippen molar-refractivity contribution in [2.75, 3.05) is 0 Å². The maximum atomic E-state index is 15.1. The highest BCUT2D eigenvalue weighted by Gasteiger charge is 2.77. The zero-order valence-corrected chi connectivity index (χ0v) is 13.8. The minimum absolute atomic E-state index is 0.186. The first kappa shape index (κ1) is 15.9. The first-order chi connectivity index (χ1) is 7.50. The van der Waals surface area contributed by atoms with Gasteiger partial charge in [-0.15, -0.1) is 0 Å². The summed E-state index contributed by atoms with van der Waals surface area (Å²) in [5, 5.41) is 0. The topological polar surface area (TPSA) is 0 Å². The number of rotatable bonds is 0. The van der Waals surface area contributed by atoms with Gasteiger partial charge in [0.25, 0.3) is 5.92 Å². The number of alkyl halides is 2. The second kappa shape index (κ2) is 3.30. The lowest BCUT2D eigenvalue weighted by Gasteiger charge is -2.72. The van der Waals surface area contributed by atoms with E-state index in [4.69, 9.17) is 0 Å². The van der Waals surface area contributed by atoms with Crippen LogP contribution < -0.4 is 0 Å². The van der Waals surface area contributed by atoms with E-state index in [9.17, 15) is 0 Å². The standard InChI is InChI=1S/C16H30F2/c1-11(2)12(3,4)14(7,8)16(17,18)15(9,10)13(11,5)6/h1-10H3. The molecule has 0 saturated heterocycles. The molecule has 1 aliphatic carbocycles. The Labute approximate surface area is 112 Å².